The zero-order valence-electron chi connectivity index (χ0n) is 8.37. The normalized spacial score (nSPS) is 37.0. The molecule has 0 aromatic carbocycles. The smallest absolute Gasteiger partial charge is 0.0522 e. The maximum Gasteiger partial charge on any atom is 0.0522 e. The summed E-state index contributed by atoms with van der Waals surface area (Å²) in [5.74, 6) is 1.69. The molecule has 1 saturated heterocycles. The molecular weight excluding hydrogens is 174 g/mol. The van der Waals surface area contributed by atoms with E-state index in [2.05, 4.69) is 21.7 Å². The lowest BCUT2D eigenvalue weighted by atomic mass is 9.73. The molecule has 0 spiro atoms. The van der Waals surface area contributed by atoms with Gasteiger partial charge in [-0.3, -0.25) is 5.10 Å². The third kappa shape index (κ3) is 1.46. The Hall–Kier alpha value is -0.830. The van der Waals surface area contributed by atoms with Gasteiger partial charge in [0.1, 0.15) is 0 Å². The average molecular weight is 191 g/mol. The van der Waals surface area contributed by atoms with Crippen LogP contribution in [-0.2, 0) is 0 Å². The first-order chi connectivity index (χ1) is 6.92. The zero-order chi connectivity index (χ0) is 9.38. The van der Waals surface area contributed by atoms with Gasteiger partial charge < -0.3 is 5.32 Å². The molecule has 1 saturated carbocycles. The van der Waals surface area contributed by atoms with Crippen LogP contribution in [0.5, 0.6) is 0 Å². The molecule has 1 aliphatic carbocycles. The molecule has 76 valence electrons. The van der Waals surface area contributed by atoms with Gasteiger partial charge >= 0.3 is 0 Å². The van der Waals surface area contributed by atoms with Gasteiger partial charge in [-0.15, -0.1) is 0 Å². The van der Waals surface area contributed by atoms with Crippen LogP contribution >= 0.6 is 0 Å². The van der Waals surface area contributed by atoms with E-state index in [1.807, 2.05) is 6.20 Å². The van der Waals surface area contributed by atoms with Crippen molar-refractivity contribution in [2.24, 2.45) is 5.92 Å². The third-order valence-electron chi connectivity index (χ3n) is 3.78. The summed E-state index contributed by atoms with van der Waals surface area (Å²) in [5.41, 5.74) is 1.41. The van der Waals surface area contributed by atoms with Gasteiger partial charge in [-0.05, 0) is 49.6 Å². The number of aromatic amines is 1. The average Bonchev–Trinajstić information content (AvgIpc) is 2.69. The Balaban J connectivity index is 1.77. The highest BCUT2D eigenvalue weighted by molar-refractivity contribution is 5.13. The number of H-pyrrole nitrogens is 1. The summed E-state index contributed by atoms with van der Waals surface area (Å²) in [5, 5.41) is 10.6. The van der Waals surface area contributed by atoms with Crippen molar-refractivity contribution in [2.75, 3.05) is 6.54 Å². The molecule has 1 aromatic rings. The minimum absolute atomic E-state index is 0.741. The monoisotopic (exact) mass is 191 g/mol. The lowest BCUT2D eigenvalue weighted by Crippen LogP contribution is -2.42. The molecule has 2 heterocycles. The van der Waals surface area contributed by atoms with E-state index in [0.717, 1.165) is 17.9 Å². The maximum absolute atomic E-state index is 4.05. The fourth-order valence-electron chi connectivity index (χ4n) is 3.09. The number of aromatic nitrogens is 2. The molecule has 3 rings (SSSR count). The van der Waals surface area contributed by atoms with Gasteiger partial charge in [-0.25, -0.2) is 0 Å². The van der Waals surface area contributed by atoms with Crippen molar-refractivity contribution in [1.82, 2.24) is 15.5 Å². The van der Waals surface area contributed by atoms with E-state index in [-0.39, 0.29) is 0 Å². The van der Waals surface area contributed by atoms with E-state index in [4.69, 9.17) is 0 Å². The molecule has 0 amide bonds. The molecule has 3 unspecified atom stereocenters. The Labute approximate surface area is 84.3 Å². The van der Waals surface area contributed by atoms with Crippen LogP contribution in [0.1, 0.15) is 37.2 Å². The Morgan fingerprint density at radius 2 is 2.29 bits per heavy atom. The largest absolute Gasteiger partial charge is 0.314 e. The summed E-state index contributed by atoms with van der Waals surface area (Å²) in [6.07, 6.45) is 9.49. The van der Waals surface area contributed by atoms with E-state index in [1.54, 1.807) is 0 Å². The molecule has 1 aromatic heterocycles. The third-order valence-corrected chi connectivity index (χ3v) is 3.78. The SMILES string of the molecule is c1n[nH]cc1C1CC2CCNC(C2)C1. The van der Waals surface area contributed by atoms with Gasteiger partial charge in [0, 0.05) is 12.2 Å². The predicted molar refractivity (Wildman–Crippen MR) is 55.1 cm³/mol. The molecule has 2 bridgehead atoms. The quantitative estimate of drug-likeness (QED) is 0.708. The topological polar surface area (TPSA) is 40.7 Å². The van der Waals surface area contributed by atoms with Crippen molar-refractivity contribution in [3.8, 4) is 0 Å². The zero-order valence-corrected chi connectivity index (χ0v) is 8.37. The number of nitrogens with zero attached hydrogens (tertiary/aromatic N) is 1. The molecule has 3 heteroatoms. The second-order valence-electron chi connectivity index (χ2n) is 4.74. The molecular formula is C11H17N3. The van der Waals surface area contributed by atoms with Crippen LogP contribution < -0.4 is 5.32 Å². The Morgan fingerprint density at radius 1 is 1.29 bits per heavy atom. The first kappa shape index (κ1) is 8.48. The van der Waals surface area contributed by atoms with Crippen molar-refractivity contribution in [3.05, 3.63) is 18.0 Å². The van der Waals surface area contributed by atoms with Crippen molar-refractivity contribution in [2.45, 2.75) is 37.6 Å². The maximum atomic E-state index is 4.05. The van der Waals surface area contributed by atoms with E-state index in [1.165, 1.54) is 37.8 Å². The molecule has 2 fully saturated rings. The fraction of sp³-hybridized carbons (Fsp3) is 0.727. The second-order valence-corrected chi connectivity index (χ2v) is 4.74. The first-order valence-corrected chi connectivity index (χ1v) is 5.64. The number of hydrogen-bond acceptors (Lipinski definition) is 2. The number of hydrogen-bond donors (Lipinski definition) is 2. The van der Waals surface area contributed by atoms with Gasteiger partial charge in [-0.2, -0.15) is 5.10 Å². The van der Waals surface area contributed by atoms with Crippen LogP contribution in [0.3, 0.4) is 0 Å². The second kappa shape index (κ2) is 3.39. The van der Waals surface area contributed by atoms with Gasteiger partial charge in [0.2, 0.25) is 0 Å². The Morgan fingerprint density at radius 3 is 3.07 bits per heavy atom. The molecule has 2 N–H and O–H groups in total. The lowest BCUT2D eigenvalue weighted by Gasteiger charge is -2.39. The predicted octanol–water partition coefficient (Wildman–Crippen LogP) is 1.66. The highest BCUT2D eigenvalue weighted by Crippen LogP contribution is 2.39. The summed E-state index contributed by atoms with van der Waals surface area (Å²) in [6, 6.07) is 0.766. The van der Waals surface area contributed by atoms with Gasteiger partial charge in [0.15, 0.2) is 0 Å². The molecule has 1 aliphatic heterocycles. The molecule has 0 radical (unpaired) electrons. The van der Waals surface area contributed by atoms with Crippen LogP contribution in [0.15, 0.2) is 12.4 Å². The van der Waals surface area contributed by atoms with Crippen molar-refractivity contribution < 1.29 is 0 Å². The van der Waals surface area contributed by atoms with Crippen LogP contribution in [-0.4, -0.2) is 22.8 Å². The van der Waals surface area contributed by atoms with Crippen LogP contribution in [0, 0.1) is 5.92 Å². The van der Waals surface area contributed by atoms with Crippen molar-refractivity contribution in [1.29, 1.82) is 0 Å². The summed E-state index contributed by atoms with van der Waals surface area (Å²) < 4.78 is 0. The van der Waals surface area contributed by atoms with Gasteiger partial charge in [-0.1, -0.05) is 0 Å². The number of rotatable bonds is 1. The minimum atomic E-state index is 0.741. The van der Waals surface area contributed by atoms with E-state index >= 15 is 0 Å². The van der Waals surface area contributed by atoms with E-state index in [9.17, 15) is 0 Å². The molecule has 2 aliphatic rings. The van der Waals surface area contributed by atoms with Crippen LogP contribution in [0.25, 0.3) is 0 Å². The van der Waals surface area contributed by atoms with E-state index < -0.39 is 0 Å². The fourth-order valence-corrected chi connectivity index (χ4v) is 3.09. The van der Waals surface area contributed by atoms with E-state index in [0.29, 0.717) is 0 Å². The highest BCUT2D eigenvalue weighted by Gasteiger charge is 2.32. The standard InChI is InChI=1S/C11H17N3/c1-2-12-11-4-8(1)3-9(5-11)10-6-13-14-7-10/h6-9,11-12H,1-5H2,(H,13,14). The Bertz CT molecular complexity index is 281. The highest BCUT2D eigenvalue weighted by atomic mass is 15.1. The van der Waals surface area contributed by atoms with Gasteiger partial charge in [0.25, 0.3) is 0 Å². The number of fused-ring (bicyclic) bond motifs is 2. The van der Waals surface area contributed by atoms with Gasteiger partial charge in [0.05, 0.1) is 6.20 Å². The van der Waals surface area contributed by atoms with Crippen molar-refractivity contribution in [3.63, 3.8) is 0 Å². The number of piperidine rings is 1. The summed E-state index contributed by atoms with van der Waals surface area (Å²) >= 11 is 0. The lowest BCUT2D eigenvalue weighted by molar-refractivity contribution is 0.203. The summed E-state index contributed by atoms with van der Waals surface area (Å²) in [6.45, 7) is 1.23. The molecule has 3 nitrogen and oxygen atoms in total. The Kier molecular flexibility index (Phi) is 2.05. The van der Waals surface area contributed by atoms with Crippen molar-refractivity contribution >= 4 is 0 Å². The van der Waals surface area contributed by atoms with Crippen LogP contribution in [0.2, 0.25) is 0 Å². The first-order valence-electron chi connectivity index (χ1n) is 5.64. The van der Waals surface area contributed by atoms with Crippen LogP contribution in [0.4, 0.5) is 0 Å². The summed E-state index contributed by atoms with van der Waals surface area (Å²) in [7, 11) is 0. The number of nitrogens with one attached hydrogen (secondary N) is 2. The summed E-state index contributed by atoms with van der Waals surface area (Å²) in [4.78, 5) is 0. The molecule has 14 heavy (non-hydrogen) atoms. The molecule has 3 atom stereocenters. The minimum Gasteiger partial charge on any atom is -0.314 e.